The molecule has 1 aromatic carbocycles. The van der Waals surface area contributed by atoms with Crippen LogP contribution in [0, 0.1) is 13.8 Å². The molecule has 4 aromatic rings. The summed E-state index contributed by atoms with van der Waals surface area (Å²) in [5.41, 5.74) is 7.12. The Morgan fingerprint density at radius 2 is 1.85 bits per heavy atom. The maximum absolute atomic E-state index is 5.82. The molecule has 7 nitrogen and oxygen atoms in total. The van der Waals surface area contributed by atoms with Crippen molar-refractivity contribution in [3.63, 3.8) is 0 Å². The van der Waals surface area contributed by atoms with Gasteiger partial charge in [0.25, 0.3) is 0 Å². The lowest BCUT2D eigenvalue weighted by molar-refractivity contribution is 0.393. The first-order valence-electron chi connectivity index (χ1n) is 11.1. The summed E-state index contributed by atoms with van der Waals surface area (Å²) in [5.74, 6) is 3.24. The van der Waals surface area contributed by atoms with E-state index in [1.165, 1.54) is 5.56 Å². The Labute approximate surface area is 193 Å². The Kier molecular flexibility index (Phi) is 4.81. The highest BCUT2D eigenvalue weighted by Crippen LogP contribution is 2.44. The van der Waals surface area contributed by atoms with Gasteiger partial charge in [-0.15, -0.1) is 0 Å². The summed E-state index contributed by atoms with van der Waals surface area (Å²) in [5, 5.41) is 8.75. The van der Waals surface area contributed by atoms with E-state index in [4.69, 9.17) is 14.3 Å². The molecule has 0 radical (unpaired) electrons. The molecule has 0 aliphatic carbocycles. The monoisotopic (exact) mass is 443 g/mol. The number of nitrogens with one attached hydrogen (secondary N) is 2. The predicted octanol–water partition coefficient (Wildman–Crippen LogP) is 5.88. The first-order chi connectivity index (χ1) is 15.7. The molecule has 3 aromatic heterocycles. The van der Waals surface area contributed by atoms with Crippen LogP contribution < -0.4 is 10.1 Å². The summed E-state index contributed by atoms with van der Waals surface area (Å²) >= 11 is 0. The minimum atomic E-state index is -0.0735. The molecular formula is C26H29N5O2. The molecule has 0 fully saturated rings. The molecule has 170 valence electrons. The topological polar surface area (TPSA) is 88.3 Å². The van der Waals surface area contributed by atoms with E-state index in [1.807, 2.05) is 33.2 Å². The molecule has 2 N–H and O–H groups in total. The van der Waals surface area contributed by atoms with Crippen molar-refractivity contribution >= 4 is 22.6 Å². The van der Waals surface area contributed by atoms with Crippen molar-refractivity contribution in [1.82, 2.24) is 20.4 Å². The first kappa shape index (κ1) is 21.2. The van der Waals surface area contributed by atoms with Crippen molar-refractivity contribution < 1.29 is 9.26 Å². The third kappa shape index (κ3) is 3.48. The SMILES string of the molecule is COc1cc2c3c([nH]c2cc1-c1c(C)noc1C)N=C(C)NC3c1cncc(C(C)(C)C)c1. The van der Waals surface area contributed by atoms with Gasteiger partial charge in [0.1, 0.15) is 23.2 Å². The number of aromatic nitrogens is 3. The van der Waals surface area contributed by atoms with Gasteiger partial charge in [-0.3, -0.25) is 4.98 Å². The molecule has 1 aliphatic heterocycles. The highest BCUT2D eigenvalue weighted by atomic mass is 16.5. The van der Waals surface area contributed by atoms with Gasteiger partial charge in [-0.1, -0.05) is 25.9 Å². The zero-order valence-electron chi connectivity index (χ0n) is 20.1. The van der Waals surface area contributed by atoms with Crippen LogP contribution in [0.25, 0.3) is 22.0 Å². The minimum Gasteiger partial charge on any atom is -0.496 e. The van der Waals surface area contributed by atoms with Gasteiger partial charge in [0.2, 0.25) is 0 Å². The van der Waals surface area contributed by atoms with Crippen LogP contribution in [0.15, 0.2) is 40.1 Å². The van der Waals surface area contributed by atoms with Gasteiger partial charge < -0.3 is 19.6 Å². The van der Waals surface area contributed by atoms with Crippen LogP contribution in [0.2, 0.25) is 0 Å². The zero-order chi connectivity index (χ0) is 23.5. The van der Waals surface area contributed by atoms with Crippen LogP contribution >= 0.6 is 0 Å². The summed E-state index contributed by atoms with van der Waals surface area (Å²) < 4.78 is 11.2. The van der Waals surface area contributed by atoms with Crippen LogP contribution in [-0.2, 0) is 5.41 Å². The summed E-state index contributed by atoms with van der Waals surface area (Å²) in [6.07, 6.45) is 3.88. The number of hydrogen-bond acceptors (Lipinski definition) is 6. The minimum absolute atomic E-state index is 0.0102. The average Bonchev–Trinajstić information content (AvgIpc) is 3.29. The highest BCUT2D eigenvalue weighted by Gasteiger charge is 2.29. The third-order valence-electron chi connectivity index (χ3n) is 6.32. The van der Waals surface area contributed by atoms with Gasteiger partial charge in [0.05, 0.1) is 24.4 Å². The van der Waals surface area contributed by atoms with Gasteiger partial charge in [-0.05, 0) is 55.5 Å². The highest BCUT2D eigenvalue weighted by molar-refractivity contribution is 5.98. The normalized spacial score (nSPS) is 15.8. The number of aryl methyl sites for hydroxylation is 2. The van der Waals surface area contributed by atoms with Gasteiger partial charge in [0.15, 0.2) is 0 Å². The summed E-state index contributed by atoms with van der Waals surface area (Å²) in [6, 6.07) is 6.35. The standard InChI is InChI=1S/C26H29N5O2/c1-13-22(14(2)33-31-13)19-9-20-18(10-21(19)32-7)23-24(28-15(3)29-25(23)30-20)16-8-17(12-27-11-16)26(4,5)6/h8-12,24,30H,1-7H3,(H,28,29). The fraction of sp³-hybridized carbons (Fsp3) is 0.346. The average molecular weight is 444 g/mol. The van der Waals surface area contributed by atoms with Crippen molar-refractivity contribution in [3.05, 3.63) is 58.7 Å². The van der Waals surface area contributed by atoms with Gasteiger partial charge >= 0.3 is 0 Å². The number of amidine groups is 1. The zero-order valence-corrected chi connectivity index (χ0v) is 20.1. The molecule has 1 aliphatic rings. The summed E-state index contributed by atoms with van der Waals surface area (Å²) in [7, 11) is 1.69. The molecule has 0 spiro atoms. The molecule has 1 atom stereocenters. The van der Waals surface area contributed by atoms with Gasteiger partial charge in [-0.2, -0.15) is 0 Å². The molecule has 0 saturated carbocycles. The summed E-state index contributed by atoms with van der Waals surface area (Å²) in [6.45, 7) is 12.4. The number of methoxy groups -OCH3 is 1. The Bertz CT molecular complexity index is 1380. The molecule has 0 saturated heterocycles. The van der Waals surface area contributed by atoms with E-state index in [9.17, 15) is 0 Å². The molecular weight excluding hydrogens is 414 g/mol. The fourth-order valence-corrected chi connectivity index (χ4v) is 4.60. The van der Waals surface area contributed by atoms with E-state index in [-0.39, 0.29) is 11.5 Å². The number of nitrogens with zero attached hydrogens (tertiary/aromatic N) is 3. The molecule has 0 bridgehead atoms. The van der Waals surface area contributed by atoms with Crippen LogP contribution in [0.3, 0.4) is 0 Å². The quantitative estimate of drug-likeness (QED) is 0.413. The van der Waals surface area contributed by atoms with E-state index in [0.717, 1.165) is 62.0 Å². The van der Waals surface area contributed by atoms with Gasteiger partial charge in [-0.25, -0.2) is 4.99 Å². The van der Waals surface area contributed by atoms with Crippen molar-refractivity contribution in [2.45, 2.75) is 53.0 Å². The summed E-state index contributed by atoms with van der Waals surface area (Å²) in [4.78, 5) is 12.9. The van der Waals surface area contributed by atoms with E-state index < -0.39 is 0 Å². The number of pyridine rings is 1. The van der Waals surface area contributed by atoms with E-state index in [1.54, 1.807) is 7.11 Å². The van der Waals surface area contributed by atoms with Crippen molar-refractivity contribution in [1.29, 1.82) is 0 Å². The second-order valence-electron chi connectivity index (χ2n) is 9.72. The number of aromatic amines is 1. The number of rotatable bonds is 3. The van der Waals surface area contributed by atoms with E-state index in [0.29, 0.717) is 0 Å². The number of ether oxygens (including phenoxy) is 1. The van der Waals surface area contributed by atoms with E-state index >= 15 is 0 Å². The van der Waals surface area contributed by atoms with Crippen LogP contribution in [0.1, 0.15) is 61.9 Å². The number of fused-ring (bicyclic) bond motifs is 3. The fourth-order valence-electron chi connectivity index (χ4n) is 4.60. The van der Waals surface area contributed by atoms with Crippen molar-refractivity contribution in [2.75, 3.05) is 7.11 Å². The molecule has 1 unspecified atom stereocenters. The Morgan fingerprint density at radius 3 is 2.52 bits per heavy atom. The second kappa shape index (κ2) is 7.47. The first-order valence-corrected chi connectivity index (χ1v) is 11.1. The number of H-pyrrole nitrogens is 1. The predicted molar refractivity (Wildman–Crippen MR) is 131 cm³/mol. The number of aliphatic imine (C=N–C) groups is 1. The lowest BCUT2D eigenvalue weighted by Crippen LogP contribution is -2.30. The Morgan fingerprint density at radius 1 is 1.06 bits per heavy atom. The maximum Gasteiger partial charge on any atom is 0.141 e. The van der Waals surface area contributed by atoms with Crippen molar-refractivity contribution in [2.24, 2.45) is 4.99 Å². The third-order valence-corrected chi connectivity index (χ3v) is 6.32. The molecule has 0 amide bonds. The molecule has 7 heteroatoms. The lowest BCUT2D eigenvalue weighted by atomic mass is 9.86. The smallest absolute Gasteiger partial charge is 0.141 e. The number of hydrogen-bond donors (Lipinski definition) is 2. The maximum atomic E-state index is 5.82. The van der Waals surface area contributed by atoms with Crippen molar-refractivity contribution in [3.8, 4) is 16.9 Å². The Hall–Kier alpha value is -3.61. The molecule has 4 heterocycles. The largest absolute Gasteiger partial charge is 0.496 e. The Balaban J connectivity index is 1.73. The van der Waals surface area contributed by atoms with Crippen LogP contribution in [0.5, 0.6) is 5.75 Å². The molecule has 33 heavy (non-hydrogen) atoms. The van der Waals surface area contributed by atoms with Crippen LogP contribution in [0.4, 0.5) is 5.82 Å². The van der Waals surface area contributed by atoms with Gasteiger partial charge in [0, 0.05) is 34.4 Å². The number of benzene rings is 1. The lowest BCUT2D eigenvalue weighted by Gasteiger charge is -2.26. The van der Waals surface area contributed by atoms with Crippen LogP contribution in [-0.4, -0.2) is 28.1 Å². The van der Waals surface area contributed by atoms with E-state index in [2.05, 4.69) is 59.4 Å². The second-order valence-corrected chi connectivity index (χ2v) is 9.72. The molecule has 5 rings (SSSR count).